The van der Waals surface area contributed by atoms with E-state index in [9.17, 15) is 9.18 Å². The van der Waals surface area contributed by atoms with Crippen LogP contribution in [0.1, 0.15) is 44.7 Å². The minimum atomic E-state index is -0.273. The van der Waals surface area contributed by atoms with Crippen LogP contribution in [-0.4, -0.2) is 35.5 Å². The van der Waals surface area contributed by atoms with E-state index in [1.165, 1.54) is 12.1 Å². The molecule has 4 rings (SSSR count). The molecule has 0 atom stereocenters. The Morgan fingerprint density at radius 3 is 2.62 bits per heavy atom. The van der Waals surface area contributed by atoms with Gasteiger partial charge in [0, 0.05) is 30.9 Å². The quantitative estimate of drug-likeness (QED) is 0.354. The summed E-state index contributed by atoms with van der Waals surface area (Å²) in [6, 6.07) is 12.3. The van der Waals surface area contributed by atoms with Crippen LogP contribution < -0.4 is 10.1 Å². The third kappa shape index (κ3) is 5.65. The number of nitrogens with one attached hydrogen (secondary N) is 1. The lowest BCUT2D eigenvalue weighted by Crippen LogP contribution is -2.25. The lowest BCUT2D eigenvalue weighted by molar-refractivity contribution is -0.118. The second-order valence-electron chi connectivity index (χ2n) is 8.61. The number of aryl methyl sites for hydroxylation is 2. The Morgan fingerprint density at radius 2 is 1.82 bits per heavy atom. The van der Waals surface area contributed by atoms with E-state index < -0.39 is 0 Å². The second kappa shape index (κ2) is 11.3. The molecule has 0 fully saturated rings. The molecule has 0 spiro atoms. The fourth-order valence-corrected chi connectivity index (χ4v) is 4.22. The van der Waals surface area contributed by atoms with Crippen LogP contribution in [0, 0.1) is 12.7 Å². The number of unbranched alkanes of at least 4 members (excludes halogenated alkanes) is 3. The van der Waals surface area contributed by atoms with Crippen LogP contribution in [-0.2, 0) is 16.1 Å². The van der Waals surface area contributed by atoms with Gasteiger partial charge in [0.05, 0.1) is 17.1 Å². The van der Waals surface area contributed by atoms with Gasteiger partial charge in [-0.2, -0.15) is 5.10 Å². The average Bonchev–Trinajstić information content (AvgIpc) is 3.16. The highest BCUT2D eigenvalue weighted by molar-refractivity contribution is 5.97. The van der Waals surface area contributed by atoms with Crippen LogP contribution in [0.5, 0.6) is 5.75 Å². The number of hydrogen-bond donors (Lipinski definition) is 1. The zero-order chi connectivity index (χ0) is 23.9. The van der Waals surface area contributed by atoms with Crippen LogP contribution >= 0.6 is 0 Å². The molecular formula is C27H32FN3O3. The smallest absolute Gasteiger partial charge is 0.262 e. The van der Waals surface area contributed by atoms with Crippen molar-refractivity contribution in [2.45, 2.75) is 52.5 Å². The summed E-state index contributed by atoms with van der Waals surface area (Å²) in [6.07, 6.45) is 5.30. The zero-order valence-corrected chi connectivity index (χ0v) is 19.9. The molecule has 7 heteroatoms. The molecule has 3 aromatic rings. The van der Waals surface area contributed by atoms with Crippen molar-refractivity contribution in [2.24, 2.45) is 0 Å². The van der Waals surface area contributed by atoms with Gasteiger partial charge >= 0.3 is 0 Å². The van der Waals surface area contributed by atoms with Crippen molar-refractivity contribution in [3.05, 3.63) is 54.0 Å². The zero-order valence-electron chi connectivity index (χ0n) is 19.9. The van der Waals surface area contributed by atoms with Gasteiger partial charge in [0.25, 0.3) is 5.91 Å². The van der Waals surface area contributed by atoms with Gasteiger partial charge in [-0.1, -0.05) is 19.4 Å². The molecule has 1 aromatic heterocycles. The van der Waals surface area contributed by atoms with E-state index in [2.05, 4.69) is 12.2 Å². The Bertz CT molecular complexity index is 1120. The maximum Gasteiger partial charge on any atom is 0.262 e. The van der Waals surface area contributed by atoms with Crippen LogP contribution in [0.25, 0.3) is 22.4 Å². The number of ether oxygens (including phenoxy) is 2. The van der Waals surface area contributed by atoms with E-state index >= 15 is 0 Å². The SMILES string of the molecule is CCCCOCCCCCn1nc(C)c(-c2ccc3c(c2)NC(=O)CO3)c1-c1ccc(F)cc1. The summed E-state index contributed by atoms with van der Waals surface area (Å²) >= 11 is 0. The van der Waals surface area contributed by atoms with Crippen LogP contribution in [0.4, 0.5) is 10.1 Å². The number of amides is 1. The van der Waals surface area contributed by atoms with Gasteiger partial charge in [-0.3, -0.25) is 9.48 Å². The number of halogens is 1. The Balaban J connectivity index is 1.58. The lowest BCUT2D eigenvalue weighted by atomic mass is 9.98. The average molecular weight is 466 g/mol. The molecule has 6 nitrogen and oxygen atoms in total. The molecule has 0 saturated heterocycles. The molecular weight excluding hydrogens is 433 g/mol. The highest BCUT2D eigenvalue weighted by Gasteiger charge is 2.22. The largest absolute Gasteiger partial charge is 0.482 e. The second-order valence-corrected chi connectivity index (χ2v) is 8.61. The van der Waals surface area contributed by atoms with E-state index in [1.807, 2.05) is 29.8 Å². The Kier molecular flexibility index (Phi) is 7.95. The van der Waals surface area contributed by atoms with Crippen molar-refractivity contribution >= 4 is 11.6 Å². The van der Waals surface area contributed by atoms with Crippen LogP contribution in [0.2, 0.25) is 0 Å². The van der Waals surface area contributed by atoms with E-state index in [-0.39, 0.29) is 18.3 Å². The van der Waals surface area contributed by atoms with Gasteiger partial charge in [-0.05, 0) is 74.6 Å². The highest BCUT2D eigenvalue weighted by atomic mass is 19.1. The first-order chi connectivity index (χ1) is 16.6. The highest BCUT2D eigenvalue weighted by Crippen LogP contribution is 2.39. The van der Waals surface area contributed by atoms with Crippen molar-refractivity contribution in [1.82, 2.24) is 9.78 Å². The molecule has 1 aliphatic rings. The van der Waals surface area contributed by atoms with Crippen LogP contribution in [0.15, 0.2) is 42.5 Å². The van der Waals surface area contributed by atoms with Crippen LogP contribution in [0.3, 0.4) is 0 Å². The summed E-state index contributed by atoms with van der Waals surface area (Å²) in [5.41, 5.74) is 5.27. The molecule has 0 aliphatic carbocycles. The maximum absolute atomic E-state index is 13.7. The van der Waals surface area contributed by atoms with Gasteiger partial charge in [-0.15, -0.1) is 0 Å². The van der Waals surface area contributed by atoms with Gasteiger partial charge < -0.3 is 14.8 Å². The fourth-order valence-electron chi connectivity index (χ4n) is 4.22. The summed E-state index contributed by atoms with van der Waals surface area (Å²) in [4.78, 5) is 11.8. The van der Waals surface area contributed by atoms with Crippen molar-refractivity contribution in [1.29, 1.82) is 0 Å². The molecule has 2 heterocycles. The lowest BCUT2D eigenvalue weighted by Gasteiger charge is -2.19. The van der Waals surface area contributed by atoms with Crippen molar-refractivity contribution in [3.63, 3.8) is 0 Å². The fraction of sp³-hybridized carbons (Fsp3) is 0.407. The van der Waals surface area contributed by atoms with E-state index in [0.29, 0.717) is 11.4 Å². The molecule has 2 aromatic carbocycles. The van der Waals surface area contributed by atoms with Gasteiger partial charge in [-0.25, -0.2) is 4.39 Å². The number of hydrogen-bond acceptors (Lipinski definition) is 4. The minimum Gasteiger partial charge on any atom is -0.482 e. The molecule has 180 valence electrons. The van der Waals surface area contributed by atoms with Gasteiger partial charge in [0.2, 0.25) is 0 Å². The Labute approximate surface area is 200 Å². The monoisotopic (exact) mass is 465 g/mol. The number of carbonyl (C=O) groups excluding carboxylic acids is 1. The first-order valence-electron chi connectivity index (χ1n) is 12.0. The summed E-state index contributed by atoms with van der Waals surface area (Å²) in [5.74, 6) is 0.206. The van der Waals surface area contributed by atoms with E-state index in [4.69, 9.17) is 14.6 Å². The predicted octanol–water partition coefficient (Wildman–Crippen LogP) is 5.98. The molecule has 0 saturated carbocycles. The normalized spacial score (nSPS) is 12.9. The molecule has 0 unspecified atom stereocenters. The first kappa shape index (κ1) is 24.0. The van der Waals surface area contributed by atoms with Gasteiger partial charge in [0.15, 0.2) is 6.61 Å². The molecule has 1 aliphatic heterocycles. The summed E-state index contributed by atoms with van der Waals surface area (Å²) in [7, 11) is 0. The number of benzene rings is 2. The Hall–Kier alpha value is -3.19. The van der Waals surface area contributed by atoms with Gasteiger partial charge in [0.1, 0.15) is 11.6 Å². The van der Waals surface area contributed by atoms with Crippen molar-refractivity contribution in [3.8, 4) is 28.1 Å². The molecule has 0 radical (unpaired) electrons. The molecule has 1 amide bonds. The molecule has 0 bridgehead atoms. The minimum absolute atomic E-state index is 0.0216. The summed E-state index contributed by atoms with van der Waals surface area (Å²) in [5, 5.41) is 7.72. The third-order valence-electron chi connectivity index (χ3n) is 5.95. The number of carbonyl (C=O) groups is 1. The number of rotatable bonds is 11. The first-order valence-corrected chi connectivity index (χ1v) is 12.0. The van der Waals surface area contributed by atoms with Crippen molar-refractivity contribution in [2.75, 3.05) is 25.1 Å². The maximum atomic E-state index is 13.7. The Morgan fingerprint density at radius 1 is 1.06 bits per heavy atom. The summed E-state index contributed by atoms with van der Waals surface area (Å²) < 4.78 is 26.9. The molecule has 34 heavy (non-hydrogen) atoms. The number of nitrogens with zero attached hydrogens (tertiary/aromatic N) is 2. The third-order valence-corrected chi connectivity index (χ3v) is 5.95. The number of anilines is 1. The summed E-state index contributed by atoms with van der Waals surface area (Å²) in [6.45, 7) is 6.54. The van der Waals surface area contributed by atoms with E-state index in [1.54, 1.807) is 12.1 Å². The predicted molar refractivity (Wildman–Crippen MR) is 131 cm³/mol. The van der Waals surface area contributed by atoms with Crippen molar-refractivity contribution < 1.29 is 18.7 Å². The number of fused-ring (bicyclic) bond motifs is 1. The standard InChI is InChI=1S/C27H32FN3O3/c1-3-4-15-33-16-7-5-6-14-31-27(20-8-11-22(28)12-9-20)26(19(2)30-31)21-10-13-24-23(17-21)29-25(32)18-34-24/h8-13,17H,3-7,14-16,18H2,1-2H3,(H,29,32). The molecule has 1 N–H and O–H groups in total. The topological polar surface area (TPSA) is 65.4 Å². The van der Waals surface area contributed by atoms with E-state index in [0.717, 1.165) is 79.9 Å². The number of aromatic nitrogens is 2.